The predicted octanol–water partition coefficient (Wildman–Crippen LogP) is 0.951. The van der Waals surface area contributed by atoms with Crippen molar-refractivity contribution in [3.63, 3.8) is 0 Å². The van der Waals surface area contributed by atoms with Gasteiger partial charge in [0.2, 0.25) is 5.91 Å². The molecule has 2 rings (SSSR count). The van der Waals surface area contributed by atoms with Crippen LogP contribution in [0.5, 0.6) is 5.75 Å². The standard InChI is InChI=1S/C15H18N4O3/c1-10(20)16-7-8-17-15(21)13-9-18-19-14(13)11-3-5-12(22-2)6-4-11/h3-6,9H,7-8H2,1-2H3,(H,16,20)(H,17,21)(H,18,19). The van der Waals surface area contributed by atoms with E-state index in [0.717, 1.165) is 11.3 Å². The molecule has 0 atom stereocenters. The van der Waals surface area contributed by atoms with Crippen LogP contribution in [0.25, 0.3) is 11.3 Å². The van der Waals surface area contributed by atoms with Crippen LogP contribution in [0.2, 0.25) is 0 Å². The number of rotatable bonds is 6. The van der Waals surface area contributed by atoms with Crippen LogP contribution in [0.4, 0.5) is 0 Å². The second-order valence-electron chi connectivity index (χ2n) is 4.63. The zero-order chi connectivity index (χ0) is 15.9. The van der Waals surface area contributed by atoms with Crippen LogP contribution in [-0.2, 0) is 4.79 Å². The molecule has 22 heavy (non-hydrogen) atoms. The van der Waals surface area contributed by atoms with Crippen molar-refractivity contribution in [2.45, 2.75) is 6.92 Å². The number of hydrogen-bond donors (Lipinski definition) is 3. The Morgan fingerprint density at radius 2 is 1.86 bits per heavy atom. The summed E-state index contributed by atoms with van der Waals surface area (Å²) >= 11 is 0. The molecular formula is C15H18N4O3. The van der Waals surface area contributed by atoms with Gasteiger partial charge in [-0.15, -0.1) is 0 Å². The van der Waals surface area contributed by atoms with Crippen LogP contribution in [0.3, 0.4) is 0 Å². The minimum atomic E-state index is -0.245. The molecule has 0 radical (unpaired) electrons. The Bertz CT molecular complexity index is 649. The normalized spacial score (nSPS) is 10.1. The van der Waals surface area contributed by atoms with E-state index in [1.54, 1.807) is 7.11 Å². The van der Waals surface area contributed by atoms with Crippen LogP contribution in [-0.4, -0.2) is 42.2 Å². The molecule has 116 valence electrons. The van der Waals surface area contributed by atoms with E-state index < -0.39 is 0 Å². The van der Waals surface area contributed by atoms with E-state index in [9.17, 15) is 9.59 Å². The fourth-order valence-corrected chi connectivity index (χ4v) is 1.95. The summed E-state index contributed by atoms with van der Waals surface area (Å²) < 4.78 is 5.11. The van der Waals surface area contributed by atoms with Gasteiger partial charge in [0, 0.05) is 25.6 Å². The number of nitrogens with zero attached hydrogens (tertiary/aromatic N) is 1. The Kier molecular flexibility index (Phi) is 5.13. The molecule has 3 N–H and O–H groups in total. The van der Waals surface area contributed by atoms with Gasteiger partial charge >= 0.3 is 0 Å². The first-order chi connectivity index (χ1) is 10.6. The zero-order valence-corrected chi connectivity index (χ0v) is 12.5. The van der Waals surface area contributed by atoms with Gasteiger partial charge < -0.3 is 15.4 Å². The number of H-pyrrole nitrogens is 1. The van der Waals surface area contributed by atoms with Crippen molar-refractivity contribution in [3.05, 3.63) is 36.0 Å². The van der Waals surface area contributed by atoms with Gasteiger partial charge in [-0.1, -0.05) is 0 Å². The molecule has 7 nitrogen and oxygen atoms in total. The number of ether oxygens (including phenoxy) is 1. The van der Waals surface area contributed by atoms with E-state index in [1.807, 2.05) is 24.3 Å². The third-order valence-corrected chi connectivity index (χ3v) is 3.05. The fraction of sp³-hybridized carbons (Fsp3) is 0.267. The van der Waals surface area contributed by atoms with Gasteiger partial charge in [0.15, 0.2) is 0 Å². The van der Waals surface area contributed by atoms with Crippen molar-refractivity contribution in [3.8, 4) is 17.0 Å². The molecule has 1 aromatic heterocycles. The van der Waals surface area contributed by atoms with Gasteiger partial charge in [0.25, 0.3) is 5.91 Å². The summed E-state index contributed by atoms with van der Waals surface area (Å²) in [6.45, 7) is 2.17. The lowest BCUT2D eigenvalue weighted by atomic mass is 10.1. The molecule has 1 aromatic carbocycles. The summed E-state index contributed by atoms with van der Waals surface area (Å²) in [4.78, 5) is 22.9. The van der Waals surface area contributed by atoms with Crippen LogP contribution >= 0.6 is 0 Å². The Hall–Kier alpha value is -2.83. The first-order valence-electron chi connectivity index (χ1n) is 6.82. The lowest BCUT2D eigenvalue weighted by Gasteiger charge is -2.07. The molecule has 7 heteroatoms. The Balaban J connectivity index is 2.04. The summed E-state index contributed by atoms with van der Waals surface area (Å²) in [6, 6.07) is 7.32. The van der Waals surface area contributed by atoms with Gasteiger partial charge in [-0.25, -0.2) is 0 Å². The molecule has 0 aliphatic carbocycles. The third-order valence-electron chi connectivity index (χ3n) is 3.05. The molecule has 0 saturated heterocycles. The van der Waals surface area contributed by atoms with Crippen molar-refractivity contribution in [1.29, 1.82) is 0 Å². The summed E-state index contributed by atoms with van der Waals surface area (Å²) in [6.07, 6.45) is 1.48. The number of hydrogen-bond acceptors (Lipinski definition) is 4. The van der Waals surface area contributed by atoms with Crippen molar-refractivity contribution in [2.75, 3.05) is 20.2 Å². The summed E-state index contributed by atoms with van der Waals surface area (Å²) in [5.41, 5.74) is 1.93. The Morgan fingerprint density at radius 3 is 2.50 bits per heavy atom. The number of aromatic amines is 1. The van der Waals surface area contributed by atoms with E-state index in [-0.39, 0.29) is 11.8 Å². The predicted molar refractivity (Wildman–Crippen MR) is 81.6 cm³/mol. The highest BCUT2D eigenvalue weighted by atomic mass is 16.5. The number of carbonyl (C=O) groups is 2. The maximum atomic E-state index is 12.2. The highest BCUT2D eigenvalue weighted by Crippen LogP contribution is 2.23. The highest BCUT2D eigenvalue weighted by Gasteiger charge is 2.14. The van der Waals surface area contributed by atoms with Crippen LogP contribution < -0.4 is 15.4 Å². The SMILES string of the molecule is COc1ccc(-c2[nH]ncc2C(=O)NCCNC(C)=O)cc1. The lowest BCUT2D eigenvalue weighted by Crippen LogP contribution is -2.33. The fourth-order valence-electron chi connectivity index (χ4n) is 1.95. The maximum Gasteiger partial charge on any atom is 0.255 e. The van der Waals surface area contributed by atoms with Gasteiger partial charge in [-0.3, -0.25) is 14.7 Å². The zero-order valence-electron chi connectivity index (χ0n) is 12.5. The summed E-state index contributed by atoms with van der Waals surface area (Å²) in [5, 5.41) is 12.1. The molecular weight excluding hydrogens is 284 g/mol. The Morgan fingerprint density at radius 1 is 1.18 bits per heavy atom. The molecule has 1 heterocycles. The summed E-state index contributed by atoms with van der Waals surface area (Å²) in [5.74, 6) is 0.367. The minimum Gasteiger partial charge on any atom is -0.497 e. The van der Waals surface area contributed by atoms with E-state index in [0.29, 0.717) is 24.3 Å². The number of benzene rings is 1. The molecule has 2 amide bonds. The molecule has 0 saturated carbocycles. The minimum absolute atomic E-state index is 0.128. The number of aromatic nitrogens is 2. The molecule has 0 bridgehead atoms. The second-order valence-corrected chi connectivity index (χ2v) is 4.63. The average molecular weight is 302 g/mol. The van der Waals surface area contributed by atoms with E-state index in [4.69, 9.17) is 4.74 Å². The molecule has 0 aliphatic heterocycles. The van der Waals surface area contributed by atoms with E-state index >= 15 is 0 Å². The number of carbonyl (C=O) groups excluding carboxylic acids is 2. The van der Waals surface area contributed by atoms with Gasteiger partial charge in [-0.05, 0) is 24.3 Å². The molecule has 0 fully saturated rings. The molecule has 2 aromatic rings. The smallest absolute Gasteiger partial charge is 0.255 e. The molecule has 0 aliphatic rings. The third kappa shape index (κ3) is 3.85. The van der Waals surface area contributed by atoms with Crippen LogP contribution in [0.15, 0.2) is 30.5 Å². The number of methoxy groups -OCH3 is 1. The number of nitrogens with one attached hydrogen (secondary N) is 3. The monoisotopic (exact) mass is 302 g/mol. The van der Waals surface area contributed by atoms with Gasteiger partial charge in [-0.2, -0.15) is 5.10 Å². The average Bonchev–Trinajstić information content (AvgIpc) is 3.01. The maximum absolute atomic E-state index is 12.2. The van der Waals surface area contributed by atoms with Crippen molar-refractivity contribution >= 4 is 11.8 Å². The largest absolute Gasteiger partial charge is 0.497 e. The van der Waals surface area contributed by atoms with Crippen LogP contribution in [0, 0.1) is 0 Å². The topological polar surface area (TPSA) is 96.1 Å². The second kappa shape index (κ2) is 7.26. The molecule has 0 unspecified atom stereocenters. The lowest BCUT2D eigenvalue weighted by molar-refractivity contribution is -0.118. The highest BCUT2D eigenvalue weighted by molar-refractivity contribution is 5.99. The van der Waals surface area contributed by atoms with Gasteiger partial charge in [0.05, 0.1) is 24.6 Å². The van der Waals surface area contributed by atoms with E-state index in [2.05, 4.69) is 20.8 Å². The van der Waals surface area contributed by atoms with E-state index in [1.165, 1.54) is 13.1 Å². The van der Waals surface area contributed by atoms with Crippen LogP contribution in [0.1, 0.15) is 17.3 Å². The molecule has 0 spiro atoms. The first-order valence-corrected chi connectivity index (χ1v) is 6.82. The van der Waals surface area contributed by atoms with Gasteiger partial charge in [0.1, 0.15) is 5.75 Å². The quantitative estimate of drug-likeness (QED) is 0.692. The van der Waals surface area contributed by atoms with Crippen molar-refractivity contribution in [1.82, 2.24) is 20.8 Å². The van der Waals surface area contributed by atoms with Crippen molar-refractivity contribution in [2.24, 2.45) is 0 Å². The summed E-state index contributed by atoms with van der Waals surface area (Å²) in [7, 11) is 1.60. The van der Waals surface area contributed by atoms with Crippen molar-refractivity contribution < 1.29 is 14.3 Å². The first kappa shape index (κ1) is 15.6. The number of amides is 2. The Labute approximate surface area is 128 Å².